The number of piperazine rings is 1. The molecule has 0 aliphatic carbocycles. The fourth-order valence-electron chi connectivity index (χ4n) is 4.11. The number of fused-ring (bicyclic) bond motifs is 1. The average Bonchev–Trinajstić information content (AvgIpc) is 3.27. The molecule has 2 aromatic rings. The smallest absolute Gasteiger partial charge is 0.227 e. The summed E-state index contributed by atoms with van der Waals surface area (Å²) < 4.78 is 5.75. The summed E-state index contributed by atoms with van der Waals surface area (Å²) >= 11 is 0. The Labute approximate surface area is 149 Å². The molecule has 3 heterocycles. The lowest BCUT2D eigenvalue weighted by atomic mass is 10.0. The normalized spacial score (nSPS) is 22.0. The van der Waals surface area contributed by atoms with Crippen LogP contribution in [0.15, 0.2) is 22.8 Å². The van der Waals surface area contributed by atoms with Gasteiger partial charge in [-0.05, 0) is 31.4 Å². The number of likely N-dealkylation sites (tertiary alicyclic amines) is 1. The van der Waals surface area contributed by atoms with Crippen molar-refractivity contribution in [1.82, 2.24) is 15.1 Å². The maximum Gasteiger partial charge on any atom is 0.227 e. The molecule has 1 aromatic heterocycles. The molecule has 1 N–H and O–H groups in total. The zero-order valence-corrected chi connectivity index (χ0v) is 15.2. The van der Waals surface area contributed by atoms with Crippen LogP contribution in [0.2, 0.25) is 0 Å². The third-order valence-electron chi connectivity index (χ3n) is 5.87. The second kappa shape index (κ2) is 6.81. The molecule has 0 saturated carbocycles. The van der Waals surface area contributed by atoms with Gasteiger partial charge in [-0.2, -0.15) is 0 Å². The van der Waals surface area contributed by atoms with Crippen molar-refractivity contribution < 1.29 is 9.21 Å². The Morgan fingerprint density at radius 2 is 2.04 bits per heavy atom. The summed E-state index contributed by atoms with van der Waals surface area (Å²) in [4.78, 5) is 17.4. The summed E-state index contributed by atoms with van der Waals surface area (Å²) in [5, 5.41) is 4.47. The van der Waals surface area contributed by atoms with Crippen molar-refractivity contribution in [2.45, 2.75) is 32.7 Å². The number of amides is 1. The average molecular weight is 341 g/mol. The Balaban J connectivity index is 1.43. The lowest BCUT2D eigenvalue weighted by Crippen LogP contribution is -2.49. The van der Waals surface area contributed by atoms with Gasteiger partial charge in [-0.25, -0.2) is 0 Å². The van der Waals surface area contributed by atoms with Crippen LogP contribution in [0.3, 0.4) is 0 Å². The van der Waals surface area contributed by atoms with Crippen LogP contribution in [0.4, 0.5) is 0 Å². The fraction of sp³-hybridized carbons (Fsp3) is 0.550. The number of hydrogen-bond acceptors (Lipinski definition) is 4. The molecular formula is C20H27N3O2. The van der Waals surface area contributed by atoms with E-state index in [4.69, 9.17) is 4.42 Å². The van der Waals surface area contributed by atoms with Gasteiger partial charge in [-0.3, -0.25) is 9.69 Å². The van der Waals surface area contributed by atoms with E-state index in [2.05, 4.69) is 36.2 Å². The highest BCUT2D eigenvalue weighted by molar-refractivity contribution is 5.89. The van der Waals surface area contributed by atoms with Crippen molar-refractivity contribution in [3.8, 4) is 0 Å². The zero-order valence-electron chi connectivity index (χ0n) is 15.2. The van der Waals surface area contributed by atoms with Gasteiger partial charge in [0, 0.05) is 56.3 Å². The number of nitrogens with zero attached hydrogens (tertiary/aromatic N) is 2. The van der Waals surface area contributed by atoms with Crippen molar-refractivity contribution in [1.29, 1.82) is 0 Å². The summed E-state index contributed by atoms with van der Waals surface area (Å²) in [5.41, 5.74) is 4.31. The topological polar surface area (TPSA) is 48.7 Å². The molecule has 134 valence electrons. The summed E-state index contributed by atoms with van der Waals surface area (Å²) in [6.07, 6.45) is 3.29. The van der Waals surface area contributed by atoms with Gasteiger partial charge in [0.1, 0.15) is 5.58 Å². The van der Waals surface area contributed by atoms with Crippen LogP contribution in [0.5, 0.6) is 0 Å². The number of hydrogen-bond donors (Lipinski definition) is 1. The number of furan rings is 1. The Kier molecular flexibility index (Phi) is 4.52. The molecule has 2 aliphatic heterocycles. The van der Waals surface area contributed by atoms with Gasteiger partial charge in [0.15, 0.2) is 0 Å². The lowest BCUT2D eigenvalue weighted by molar-refractivity contribution is -0.129. The summed E-state index contributed by atoms with van der Waals surface area (Å²) in [6, 6.07) is 4.71. The van der Waals surface area contributed by atoms with Gasteiger partial charge in [-0.1, -0.05) is 12.1 Å². The number of benzene rings is 1. The lowest BCUT2D eigenvalue weighted by Gasteiger charge is -2.32. The predicted molar refractivity (Wildman–Crippen MR) is 98.8 cm³/mol. The van der Waals surface area contributed by atoms with Crippen LogP contribution >= 0.6 is 0 Å². The second-order valence-corrected chi connectivity index (χ2v) is 7.39. The zero-order chi connectivity index (χ0) is 17.4. The van der Waals surface area contributed by atoms with Gasteiger partial charge >= 0.3 is 0 Å². The third-order valence-corrected chi connectivity index (χ3v) is 5.87. The van der Waals surface area contributed by atoms with E-state index in [9.17, 15) is 4.79 Å². The highest BCUT2D eigenvalue weighted by Crippen LogP contribution is 2.27. The van der Waals surface area contributed by atoms with Gasteiger partial charge in [0.05, 0.1) is 12.7 Å². The van der Waals surface area contributed by atoms with Crippen LogP contribution in [-0.4, -0.2) is 61.0 Å². The van der Waals surface area contributed by atoms with E-state index in [1.165, 1.54) is 5.56 Å². The molecule has 5 heteroatoms. The largest absolute Gasteiger partial charge is 0.464 e. The summed E-state index contributed by atoms with van der Waals surface area (Å²) in [5.74, 6) is 0.221. The van der Waals surface area contributed by atoms with E-state index >= 15 is 0 Å². The maximum absolute atomic E-state index is 12.8. The minimum Gasteiger partial charge on any atom is -0.464 e. The fourth-order valence-corrected chi connectivity index (χ4v) is 4.11. The number of nitrogens with one attached hydrogen (secondary N) is 1. The molecular weight excluding hydrogens is 314 g/mol. The van der Waals surface area contributed by atoms with Gasteiger partial charge in [0.2, 0.25) is 5.91 Å². The molecule has 1 atom stereocenters. The molecule has 1 amide bonds. The Bertz CT molecular complexity index is 777. The van der Waals surface area contributed by atoms with E-state index in [0.29, 0.717) is 12.5 Å². The Hall–Kier alpha value is -1.85. The molecule has 4 rings (SSSR count). The van der Waals surface area contributed by atoms with Crippen molar-refractivity contribution in [2.75, 3.05) is 39.3 Å². The first-order valence-electron chi connectivity index (χ1n) is 9.32. The number of carbonyl (C=O) groups is 1. The van der Waals surface area contributed by atoms with E-state index in [0.717, 1.165) is 67.8 Å². The first-order chi connectivity index (χ1) is 12.1. The van der Waals surface area contributed by atoms with Crippen LogP contribution in [0.1, 0.15) is 23.1 Å². The first-order valence-corrected chi connectivity index (χ1v) is 9.32. The molecule has 25 heavy (non-hydrogen) atoms. The quantitative estimate of drug-likeness (QED) is 0.929. The van der Waals surface area contributed by atoms with Crippen molar-refractivity contribution in [2.24, 2.45) is 0 Å². The van der Waals surface area contributed by atoms with E-state index in [-0.39, 0.29) is 5.91 Å². The Morgan fingerprint density at radius 3 is 2.84 bits per heavy atom. The highest BCUT2D eigenvalue weighted by atomic mass is 16.3. The van der Waals surface area contributed by atoms with Crippen molar-refractivity contribution in [3.05, 3.63) is 35.1 Å². The van der Waals surface area contributed by atoms with Crippen LogP contribution in [-0.2, 0) is 11.2 Å². The summed E-state index contributed by atoms with van der Waals surface area (Å²) in [6.45, 7) is 10.2. The Morgan fingerprint density at radius 1 is 1.24 bits per heavy atom. The molecule has 5 nitrogen and oxygen atoms in total. The minimum atomic E-state index is 0.221. The van der Waals surface area contributed by atoms with E-state index in [1.54, 1.807) is 6.26 Å². The molecule has 2 aliphatic rings. The third kappa shape index (κ3) is 3.18. The van der Waals surface area contributed by atoms with E-state index < -0.39 is 0 Å². The first kappa shape index (κ1) is 16.6. The molecule has 0 radical (unpaired) electrons. The minimum absolute atomic E-state index is 0.221. The molecule has 0 bridgehead atoms. The van der Waals surface area contributed by atoms with Crippen LogP contribution in [0, 0.1) is 13.8 Å². The second-order valence-electron chi connectivity index (χ2n) is 7.39. The molecule has 2 saturated heterocycles. The standard InChI is InChI=1S/C20H27N3O2/c1-14-3-4-18-16(13-25-20(18)15(14)2)11-19(24)23-8-5-17(12-23)22-9-6-21-7-10-22/h3-4,13,17,21H,5-12H2,1-2H3. The van der Waals surface area contributed by atoms with E-state index in [1.807, 2.05) is 4.90 Å². The number of carbonyl (C=O) groups excluding carboxylic acids is 1. The highest BCUT2D eigenvalue weighted by Gasteiger charge is 2.31. The predicted octanol–water partition coefficient (Wildman–Crippen LogP) is 2.10. The summed E-state index contributed by atoms with van der Waals surface area (Å²) in [7, 11) is 0. The molecule has 1 unspecified atom stereocenters. The molecule has 1 aromatic carbocycles. The monoisotopic (exact) mass is 341 g/mol. The van der Waals surface area contributed by atoms with Crippen molar-refractivity contribution >= 4 is 16.9 Å². The van der Waals surface area contributed by atoms with Crippen molar-refractivity contribution in [3.63, 3.8) is 0 Å². The molecule has 0 spiro atoms. The van der Waals surface area contributed by atoms with Crippen LogP contribution < -0.4 is 5.32 Å². The van der Waals surface area contributed by atoms with Gasteiger partial charge in [0.25, 0.3) is 0 Å². The number of aryl methyl sites for hydroxylation is 2. The van der Waals surface area contributed by atoms with Crippen LogP contribution in [0.25, 0.3) is 11.0 Å². The van der Waals surface area contributed by atoms with Gasteiger partial charge < -0.3 is 14.6 Å². The maximum atomic E-state index is 12.8. The molecule has 2 fully saturated rings. The van der Waals surface area contributed by atoms with Gasteiger partial charge in [-0.15, -0.1) is 0 Å². The SMILES string of the molecule is Cc1ccc2c(CC(=O)N3CCC(N4CCNCC4)C3)coc2c1C. The number of rotatable bonds is 3.